The van der Waals surface area contributed by atoms with Gasteiger partial charge in [0.15, 0.2) is 0 Å². The molecule has 1 aromatic rings. The van der Waals surface area contributed by atoms with Crippen molar-refractivity contribution in [3.63, 3.8) is 0 Å². The standard InChI is InChI=1S/C40H67N5O8/c1-13-26(6)35(44(10)39(49)33(24(2)3)42-38(48)34(25(4)5)43(8)9)31(52-11)23-32(46)45-21-17-20-30(45)36(53-12)27(7)37(47)41-29(40(50)51)22-28-18-15-14-16-19-28/h14-16,18-19,24-27,29-31,33-36H,13,17,20-23H2,1-12H3,(H,41,47)(H,42,48)(H,50,51)/t26-,27?,29?,30?,31+,33-,34-,35?,36?/m0/s1. The third-order valence-corrected chi connectivity index (χ3v) is 10.8. The van der Waals surface area contributed by atoms with E-state index in [1.165, 1.54) is 14.2 Å². The summed E-state index contributed by atoms with van der Waals surface area (Å²) < 4.78 is 11.9. The summed E-state index contributed by atoms with van der Waals surface area (Å²) in [5.74, 6) is -3.21. The van der Waals surface area contributed by atoms with Crippen molar-refractivity contribution in [2.45, 2.75) is 123 Å². The zero-order valence-electron chi connectivity index (χ0n) is 34.1. The predicted octanol–water partition coefficient (Wildman–Crippen LogP) is 3.45. The van der Waals surface area contributed by atoms with Gasteiger partial charge in [-0.1, -0.05) is 85.2 Å². The molecule has 1 fully saturated rings. The first-order valence-corrected chi connectivity index (χ1v) is 19.1. The number of ether oxygens (including phenoxy) is 2. The lowest BCUT2D eigenvalue weighted by molar-refractivity contribution is -0.148. The van der Waals surface area contributed by atoms with E-state index in [0.29, 0.717) is 19.4 Å². The maximum Gasteiger partial charge on any atom is 0.326 e. The summed E-state index contributed by atoms with van der Waals surface area (Å²) in [5.41, 5.74) is 0.785. The van der Waals surface area contributed by atoms with Gasteiger partial charge >= 0.3 is 5.97 Å². The first-order chi connectivity index (χ1) is 24.9. The summed E-state index contributed by atoms with van der Waals surface area (Å²) in [5, 5.41) is 15.6. The molecule has 0 aromatic heterocycles. The number of hydrogen-bond donors (Lipinski definition) is 3. The van der Waals surface area contributed by atoms with Crippen LogP contribution in [-0.4, -0.2) is 134 Å². The first-order valence-electron chi connectivity index (χ1n) is 19.1. The summed E-state index contributed by atoms with van der Waals surface area (Å²) in [7, 11) is 8.44. The van der Waals surface area contributed by atoms with Gasteiger partial charge in [0, 0.05) is 34.2 Å². The molecule has 1 aliphatic rings. The van der Waals surface area contributed by atoms with Crippen molar-refractivity contribution in [3.8, 4) is 0 Å². The van der Waals surface area contributed by atoms with Crippen LogP contribution in [0.15, 0.2) is 30.3 Å². The molecule has 1 saturated heterocycles. The number of likely N-dealkylation sites (N-methyl/N-ethyl adjacent to an activating group) is 2. The van der Waals surface area contributed by atoms with Gasteiger partial charge in [0.05, 0.1) is 42.7 Å². The van der Waals surface area contributed by atoms with Crippen molar-refractivity contribution in [2.75, 3.05) is 41.9 Å². The highest BCUT2D eigenvalue weighted by atomic mass is 16.5. The molecule has 2 rings (SSSR count). The predicted molar refractivity (Wildman–Crippen MR) is 205 cm³/mol. The van der Waals surface area contributed by atoms with Gasteiger partial charge in [-0.3, -0.25) is 24.1 Å². The van der Waals surface area contributed by atoms with Crippen LogP contribution in [0.2, 0.25) is 0 Å². The Morgan fingerprint density at radius 2 is 1.53 bits per heavy atom. The molecule has 0 aliphatic carbocycles. The van der Waals surface area contributed by atoms with E-state index in [2.05, 4.69) is 10.6 Å². The minimum Gasteiger partial charge on any atom is -0.480 e. The number of nitrogens with zero attached hydrogens (tertiary/aromatic N) is 3. The lowest BCUT2D eigenvalue weighted by Crippen LogP contribution is -2.59. The normalized spacial score (nSPS) is 19.2. The van der Waals surface area contributed by atoms with E-state index in [9.17, 15) is 29.1 Å². The highest BCUT2D eigenvalue weighted by Gasteiger charge is 2.43. The fraction of sp³-hybridized carbons (Fsp3) is 0.725. The molecular weight excluding hydrogens is 678 g/mol. The van der Waals surface area contributed by atoms with Crippen molar-refractivity contribution in [1.82, 2.24) is 25.3 Å². The molecule has 53 heavy (non-hydrogen) atoms. The Morgan fingerprint density at radius 1 is 0.906 bits per heavy atom. The molecule has 0 spiro atoms. The lowest BCUT2D eigenvalue weighted by Gasteiger charge is -2.41. The monoisotopic (exact) mass is 745 g/mol. The minimum atomic E-state index is -1.14. The molecule has 0 saturated carbocycles. The van der Waals surface area contributed by atoms with Gasteiger partial charge in [-0.2, -0.15) is 0 Å². The Morgan fingerprint density at radius 3 is 2.02 bits per heavy atom. The Kier molecular flexibility index (Phi) is 18.4. The van der Waals surface area contributed by atoms with Crippen molar-refractivity contribution in [2.24, 2.45) is 23.7 Å². The van der Waals surface area contributed by atoms with Crippen LogP contribution in [0, 0.1) is 23.7 Å². The van der Waals surface area contributed by atoms with Gasteiger partial charge in [0.1, 0.15) is 12.1 Å². The topological polar surface area (TPSA) is 158 Å². The average Bonchev–Trinajstić information content (AvgIpc) is 3.59. The Labute approximate surface area is 317 Å². The second kappa shape index (κ2) is 21.4. The van der Waals surface area contributed by atoms with E-state index in [1.54, 1.807) is 23.8 Å². The average molecular weight is 746 g/mol. The number of hydrogen-bond acceptors (Lipinski definition) is 8. The number of rotatable bonds is 21. The molecule has 300 valence electrons. The molecule has 9 atom stereocenters. The first kappa shape index (κ1) is 45.6. The highest BCUT2D eigenvalue weighted by Crippen LogP contribution is 2.30. The van der Waals surface area contributed by atoms with Crippen LogP contribution in [0.4, 0.5) is 0 Å². The second-order valence-electron chi connectivity index (χ2n) is 15.6. The summed E-state index contributed by atoms with van der Waals surface area (Å²) in [6.07, 6.45) is 0.820. The van der Waals surface area contributed by atoms with Crippen LogP contribution in [-0.2, 0) is 39.9 Å². The second-order valence-corrected chi connectivity index (χ2v) is 15.6. The summed E-state index contributed by atoms with van der Waals surface area (Å²) in [6.45, 7) is 13.9. The Bertz CT molecular complexity index is 1330. The van der Waals surface area contributed by atoms with Crippen molar-refractivity contribution in [3.05, 3.63) is 35.9 Å². The van der Waals surface area contributed by atoms with E-state index in [1.807, 2.05) is 90.9 Å². The van der Waals surface area contributed by atoms with Gasteiger partial charge in [-0.25, -0.2) is 4.79 Å². The summed E-state index contributed by atoms with van der Waals surface area (Å²) >= 11 is 0. The van der Waals surface area contributed by atoms with E-state index < -0.39 is 60.2 Å². The molecule has 1 aliphatic heterocycles. The van der Waals surface area contributed by atoms with Crippen LogP contribution < -0.4 is 10.6 Å². The number of carboxylic acids is 1. The quantitative estimate of drug-likeness (QED) is 0.172. The molecular formula is C40H67N5O8. The van der Waals surface area contributed by atoms with Gasteiger partial charge in [0.25, 0.3) is 0 Å². The number of amides is 4. The third kappa shape index (κ3) is 12.2. The number of nitrogens with one attached hydrogen (secondary N) is 2. The number of aliphatic carboxylic acids is 1. The maximum atomic E-state index is 14.2. The molecule has 13 nitrogen and oxygen atoms in total. The number of benzene rings is 1. The number of methoxy groups -OCH3 is 2. The van der Waals surface area contributed by atoms with Gasteiger partial charge in [-0.05, 0) is 50.3 Å². The Hall–Kier alpha value is -3.55. The smallest absolute Gasteiger partial charge is 0.326 e. The fourth-order valence-electron chi connectivity index (χ4n) is 7.76. The van der Waals surface area contributed by atoms with E-state index in [0.717, 1.165) is 12.0 Å². The van der Waals surface area contributed by atoms with E-state index >= 15 is 0 Å². The SMILES string of the molecule is CC[C@H](C)C([C@@H](CC(=O)N1CCCC1C(OC)C(C)C(=O)NC(Cc1ccccc1)C(=O)O)OC)N(C)C(=O)[C@@H](NC(=O)[C@H](C(C)C)N(C)C)C(C)C. The summed E-state index contributed by atoms with van der Waals surface area (Å²) in [4.78, 5) is 72.5. The third-order valence-electron chi connectivity index (χ3n) is 10.8. The molecule has 13 heteroatoms. The van der Waals surface area contributed by atoms with Gasteiger partial charge < -0.3 is 35.0 Å². The molecule has 0 bridgehead atoms. The zero-order chi connectivity index (χ0) is 40.2. The van der Waals surface area contributed by atoms with Crippen LogP contribution >= 0.6 is 0 Å². The number of carboxylic acid groups (broad SMARTS) is 1. The largest absolute Gasteiger partial charge is 0.480 e. The van der Waals surface area contributed by atoms with Crippen LogP contribution in [0.5, 0.6) is 0 Å². The molecule has 3 N–H and O–H groups in total. The van der Waals surface area contributed by atoms with Crippen LogP contribution in [0.1, 0.15) is 79.7 Å². The van der Waals surface area contributed by atoms with E-state index in [-0.39, 0.29) is 48.3 Å². The van der Waals surface area contributed by atoms with Crippen molar-refractivity contribution < 1.29 is 38.6 Å². The van der Waals surface area contributed by atoms with Crippen molar-refractivity contribution >= 4 is 29.6 Å². The highest BCUT2D eigenvalue weighted by molar-refractivity contribution is 5.90. The van der Waals surface area contributed by atoms with Crippen LogP contribution in [0.25, 0.3) is 0 Å². The molecule has 1 heterocycles. The molecule has 5 unspecified atom stereocenters. The lowest BCUT2D eigenvalue weighted by atomic mass is 9.89. The number of carbonyl (C=O) groups is 5. The van der Waals surface area contributed by atoms with Gasteiger partial charge in [0.2, 0.25) is 23.6 Å². The number of carbonyl (C=O) groups excluding carboxylic acids is 4. The minimum absolute atomic E-state index is 0.0104. The van der Waals surface area contributed by atoms with Crippen LogP contribution in [0.3, 0.4) is 0 Å². The zero-order valence-corrected chi connectivity index (χ0v) is 34.1. The summed E-state index contributed by atoms with van der Waals surface area (Å²) in [6, 6.07) is 5.89. The number of likely N-dealkylation sites (tertiary alicyclic amines) is 1. The Balaban J connectivity index is 2.27. The molecule has 1 aromatic carbocycles. The fourth-order valence-corrected chi connectivity index (χ4v) is 7.76. The van der Waals surface area contributed by atoms with E-state index in [4.69, 9.17) is 9.47 Å². The van der Waals surface area contributed by atoms with Gasteiger partial charge in [-0.15, -0.1) is 0 Å². The maximum absolute atomic E-state index is 14.2. The molecule has 0 radical (unpaired) electrons. The molecule has 4 amide bonds. The van der Waals surface area contributed by atoms with Crippen molar-refractivity contribution in [1.29, 1.82) is 0 Å².